The van der Waals surface area contributed by atoms with Gasteiger partial charge in [-0.15, -0.1) is 0 Å². The van der Waals surface area contributed by atoms with E-state index in [0.717, 1.165) is 44.1 Å². The zero-order valence-corrected chi connectivity index (χ0v) is 14.4. The smallest absolute Gasteiger partial charge is 0.392 e. The Hall–Kier alpha value is -1.51. The van der Waals surface area contributed by atoms with E-state index in [0.29, 0.717) is 21.8 Å². The molecule has 3 rings (SSSR count). The first-order chi connectivity index (χ1) is 11.9. The molecular weight excluding hydrogens is 351 g/mol. The summed E-state index contributed by atoms with van der Waals surface area (Å²) < 4.78 is 41.0. The van der Waals surface area contributed by atoms with Crippen LogP contribution in [0.5, 0.6) is 0 Å². The molecule has 3 N–H and O–H groups in total. The minimum Gasteiger partial charge on any atom is -0.392 e. The van der Waals surface area contributed by atoms with Gasteiger partial charge in [-0.05, 0) is 54.6 Å². The molecule has 1 aliphatic carbocycles. The van der Waals surface area contributed by atoms with Crippen molar-refractivity contribution in [2.75, 3.05) is 0 Å². The largest absolute Gasteiger partial charge is 0.435 e. The fourth-order valence-corrected chi connectivity index (χ4v) is 3.79. The number of benzene rings is 1. The topological polar surface area (TPSA) is 64.1 Å². The van der Waals surface area contributed by atoms with Crippen LogP contribution in [0.15, 0.2) is 29.2 Å². The van der Waals surface area contributed by atoms with Crippen LogP contribution in [-0.2, 0) is 12.8 Å². The molecular formula is C17H20F3N3OS. The van der Waals surface area contributed by atoms with E-state index in [1.54, 1.807) is 18.2 Å². The Morgan fingerprint density at radius 2 is 1.92 bits per heavy atom. The second-order valence-corrected chi connectivity index (χ2v) is 6.94. The summed E-state index contributed by atoms with van der Waals surface area (Å²) in [5.74, 6) is 0.0680. The molecule has 0 saturated heterocycles. The number of halogens is 3. The Kier molecular flexibility index (Phi) is 5.41. The number of hydrogen-bond acceptors (Lipinski definition) is 4. The number of nitrogens with two attached hydrogens (primary N) is 1. The zero-order valence-electron chi connectivity index (χ0n) is 13.6. The first kappa shape index (κ1) is 18.3. The molecule has 0 spiro atoms. The van der Waals surface area contributed by atoms with Crippen molar-refractivity contribution in [2.45, 2.75) is 55.7 Å². The van der Waals surface area contributed by atoms with E-state index in [2.05, 4.69) is 5.10 Å². The third-order valence-corrected chi connectivity index (χ3v) is 5.29. The van der Waals surface area contributed by atoms with Crippen LogP contribution in [-0.4, -0.2) is 14.9 Å². The summed E-state index contributed by atoms with van der Waals surface area (Å²) in [6.45, 7) is -0.237. The summed E-state index contributed by atoms with van der Waals surface area (Å²) in [5.41, 5.74) is 0.793. The van der Waals surface area contributed by atoms with Crippen LogP contribution in [0.3, 0.4) is 0 Å². The van der Waals surface area contributed by atoms with Gasteiger partial charge in [-0.3, -0.25) is 5.14 Å². The van der Waals surface area contributed by atoms with Gasteiger partial charge in [0.05, 0.1) is 12.3 Å². The van der Waals surface area contributed by atoms with E-state index in [4.69, 9.17) is 5.14 Å². The molecule has 0 aliphatic heterocycles. The molecule has 1 aromatic carbocycles. The maximum atomic E-state index is 13.2. The Morgan fingerprint density at radius 1 is 1.20 bits per heavy atom. The highest BCUT2D eigenvalue weighted by Crippen LogP contribution is 2.37. The van der Waals surface area contributed by atoms with Gasteiger partial charge in [-0.25, -0.2) is 4.68 Å². The number of aliphatic hydroxyl groups excluding tert-OH is 1. The van der Waals surface area contributed by atoms with Crippen molar-refractivity contribution in [1.82, 2.24) is 9.78 Å². The van der Waals surface area contributed by atoms with Crippen molar-refractivity contribution in [3.05, 3.63) is 41.2 Å². The molecule has 0 amide bonds. The van der Waals surface area contributed by atoms with Gasteiger partial charge in [0.25, 0.3) is 0 Å². The standard InChI is InChI=1S/C17H20F3N3OS/c18-17(19,20)16-9-14(11-4-2-1-3-5-11)23(22-16)13-6-7-15(25-21)12(8-13)10-24/h6-9,11,24H,1-5,10,21H2. The normalized spacial score (nSPS) is 16.4. The lowest BCUT2D eigenvalue weighted by Gasteiger charge is -2.22. The third kappa shape index (κ3) is 3.86. The Morgan fingerprint density at radius 3 is 2.52 bits per heavy atom. The van der Waals surface area contributed by atoms with Crippen molar-refractivity contribution < 1.29 is 18.3 Å². The first-order valence-corrected chi connectivity index (χ1v) is 9.10. The van der Waals surface area contributed by atoms with Crippen LogP contribution in [0.1, 0.15) is 55.0 Å². The van der Waals surface area contributed by atoms with E-state index in [9.17, 15) is 18.3 Å². The minimum absolute atomic E-state index is 0.0680. The van der Waals surface area contributed by atoms with Gasteiger partial charge in [-0.2, -0.15) is 18.3 Å². The molecule has 25 heavy (non-hydrogen) atoms. The van der Waals surface area contributed by atoms with Crippen molar-refractivity contribution in [2.24, 2.45) is 5.14 Å². The maximum Gasteiger partial charge on any atom is 0.435 e. The highest BCUT2D eigenvalue weighted by Gasteiger charge is 2.36. The lowest BCUT2D eigenvalue weighted by Crippen LogP contribution is -2.11. The van der Waals surface area contributed by atoms with Gasteiger partial charge in [0.2, 0.25) is 0 Å². The Balaban J connectivity index is 2.08. The molecule has 1 aromatic heterocycles. The summed E-state index contributed by atoms with van der Waals surface area (Å²) in [7, 11) is 0. The molecule has 2 aromatic rings. The van der Waals surface area contributed by atoms with Gasteiger partial charge >= 0.3 is 6.18 Å². The second kappa shape index (κ2) is 7.39. The predicted octanol–water partition coefficient (Wildman–Crippen LogP) is 4.40. The van der Waals surface area contributed by atoms with Gasteiger partial charge in [0, 0.05) is 16.5 Å². The van der Waals surface area contributed by atoms with Gasteiger partial charge in [0.1, 0.15) is 0 Å². The number of rotatable bonds is 4. The van der Waals surface area contributed by atoms with Crippen LogP contribution in [0.4, 0.5) is 13.2 Å². The van der Waals surface area contributed by atoms with Crippen LogP contribution < -0.4 is 5.14 Å². The van der Waals surface area contributed by atoms with E-state index in [1.165, 1.54) is 10.7 Å². The molecule has 0 unspecified atom stereocenters. The molecule has 0 bridgehead atoms. The molecule has 0 radical (unpaired) electrons. The van der Waals surface area contributed by atoms with Crippen molar-refractivity contribution in [1.29, 1.82) is 0 Å². The Bertz CT molecular complexity index is 739. The third-order valence-electron chi connectivity index (χ3n) is 4.64. The van der Waals surface area contributed by atoms with E-state index < -0.39 is 11.9 Å². The van der Waals surface area contributed by atoms with E-state index in [1.807, 2.05) is 0 Å². The van der Waals surface area contributed by atoms with Gasteiger partial charge < -0.3 is 5.11 Å². The highest BCUT2D eigenvalue weighted by atomic mass is 32.2. The average molecular weight is 371 g/mol. The van der Waals surface area contributed by atoms with Crippen LogP contribution >= 0.6 is 11.9 Å². The summed E-state index contributed by atoms with van der Waals surface area (Å²) in [6.07, 6.45) is 0.401. The number of alkyl halides is 3. The minimum atomic E-state index is -4.48. The number of aromatic nitrogens is 2. The van der Waals surface area contributed by atoms with Gasteiger partial charge in [-0.1, -0.05) is 19.3 Å². The highest BCUT2D eigenvalue weighted by molar-refractivity contribution is 7.97. The molecule has 1 heterocycles. The first-order valence-electron chi connectivity index (χ1n) is 8.22. The lowest BCUT2D eigenvalue weighted by molar-refractivity contribution is -0.141. The van der Waals surface area contributed by atoms with Gasteiger partial charge in [0.15, 0.2) is 5.69 Å². The predicted molar refractivity (Wildman–Crippen MR) is 90.4 cm³/mol. The van der Waals surface area contributed by atoms with E-state index >= 15 is 0 Å². The molecule has 136 valence electrons. The number of aliphatic hydroxyl groups is 1. The number of hydrogen-bond donors (Lipinski definition) is 2. The average Bonchev–Trinajstić information content (AvgIpc) is 3.07. The molecule has 0 atom stereocenters. The molecule has 4 nitrogen and oxygen atoms in total. The monoisotopic (exact) mass is 371 g/mol. The SMILES string of the molecule is NSc1ccc(-n2nc(C(F)(F)F)cc2C2CCCCC2)cc1CO. The van der Waals surface area contributed by atoms with Crippen LogP contribution in [0.2, 0.25) is 0 Å². The maximum absolute atomic E-state index is 13.2. The number of nitrogens with zero attached hydrogens (tertiary/aromatic N) is 2. The molecule has 1 saturated carbocycles. The summed E-state index contributed by atoms with van der Waals surface area (Å²) in [6, 6.07) is 6.20. The lowest BCUT2D eigenvalue weighted by atomic mass is 9.86. The second-order valence-electron chi connectivity index (χ2n) is 6.27. The fraction of sp³-hybridized carbons (Fsp3) is 0.471. The van der Waals surface area contributed by atoms with Crippen molar-refractivity contribution in [3.8, 4) is 5.69 Å². The fourth-order valence-electron chi connectivity index (χ4n) is 3.37. The van der Waals surface area contributed by atoms with Crippen molar-refractivity contribution in [3.63, 3.8) is 0 Å². The molecule has 1 aliphatic rings. The molecule has 1 fully saturated rings. The quantitative estimate of drug-likeness (QED) is 0.782. The summed E-state index contributed by atoms with van der Waals surface area (Å²) >= 11 is 0.996. The van der Waals surface area contributed by atoms with E-state index in [-0.39, 0.29) is 12.5 Å². The zero-order chi connectivity index (χ0) is 18.0. The molecule has 8 heteroatoms. The summed E-state index contributed by atoms with van der Waals surface area (Å²) in [5, 5.41) is 18.9. The van der Waals surface area contributed by atoms with Crippen LogP contribution in [0.25, 0.3) is 5.69 Å². The van der Waals surface area contributed by atoms with Crippen LogP contribution in [0, 0.1) is 0 Å². The summed E-state index contributed by atoms with van der Waals surface area (Å²) in [4.78, 5) is 0.689. The Labute approximate surface area is 148 Å². The van der Waals surface area contributed by atoms with Crippen molar-refractivity contribution >= 4 is 11.9 Å².